The lowest BCUT2D eigenvalue weighted by atomic mass is 9.98. The van der Waals surface area contributed by atoms with E-state index in [-0.39, 0.29) is 17.7 Å². The number of carbonyl (C=O) groups excluding carboxylic acids is 2. The van der Waals surface area contributed by atoms with Crippen molar-refractivity contribution in [3.63, 3.8) is 0 Å². The van der Waals surface area contributed by atoms with Crippen molar-refractivity contribution in [1.82, 2.24) is 10.2 Å². The van der Waals surface area contributed by atoms with E-state index < -0.39 is 0 Å². The summed E-state index contributed by atoms with van der Waals surface area (Å²) < 4.78 is 11.1. The van der Waals surface area contributed by atoms with Gasteiger partial charge in [0.1, 0.15) is 5.75 Å². The molecule has 2 amide bonds. The number of carbonyl (C=O) groups is 2. The van der Waals surface area contributed by atoms with Crippen LogP contribution in [0.1, 0.15) is 46.6 Å². The van der Waals surface area contributed by atoms with Crippen LogP contribution in [0, 0.1) is 5.92 Å². The topological polar surface area (TPSA) is 71.8 Å². The fourth-order valence-corrected chi connectivity index (χ4v) is 3.35. The Morgan fingerprint density at radius 3 is 2.67 bits per heavy atom. The summed E-state index contributed by atoms with van der Waals surface area (Å²) in [7, 11) is 0. The Morgan fingerprint density at radius 1 is 1.15 bits per heavy atom. The van der Waals surface area contributed by atoms with E-state index in [2.05, 4.69) is 5.32 Å². The van der Waals surface area contributed by atoms with Crippen LogP contribution in [0.15, 0.2) is 47.1 Å². The molecule has 1 aliphatic heterocycles. The third-order valence-corrected chi connectivity index (χ3v) is 5.05. The van der Waals surface area contributed by atoms with E-state index in [1.54, 1.807) is 24.3 Å². The van der Waals surface area contributed by atoms with Gasteiger partial charge in [0.15, 0.2) is 5.76 Å². The lowest BCUT2D eigenvalue weighted by Crippen LogP contribution is -2.41. The van der Waals surface area contributed by atoms with Gasteiger partial charge in [0, 0.05) is 30.6 Å². The van der Waals surface area contributed by atoms with Gasteiger partial charge in [-0.25, -0.2) is 0 Å². The van der Waals surface area contributed by atoms with Crippen LogP contribution in [-0.2, 0) is 0 Å². The first kappa shape index (κ1) is 17.6. The van der Waals surface area contributed by atoms with Gasteiger partial charge in [-0.2, -0.15) is 0 Å². The summed E-state index contributed by atoms with van der Waals surface area (Å²) in [6.07, 6.45) is 5.67. The van der Waals surface area contributed by atoms with E-state index in [4.69, 9.17) is 9.15 Å². The van der Waals surface area contributed by atoms with E-state index in [0.29, 0.717) is 30.5 Å². The highest BCUT2D eigenvalue weighted by molar-refractivity contribution is 5.94. The number of furan rings is 1. The van der Waals surface area contributed by atoms with Crippen molar-refractivity contribution < 1.29 is 18.7 Å². The summed E-state index contributed by atoms with van der Waals surface area (Å²) in [6.45, 7) is 1.97. The normalized spacial score (nSPS) is 19.6. The number of hydrogen-bond acceptors (Lipinski definition) is 4. The van der Waals surface area contributed by atoms with E-state index in [1.165, 1.54) is 6.26 Å². The molecule has 0 spiro atoms. The lowest BCUT2D eigenvalue weighted by molar-refractivity contribution is 0.0602. The molecule has 1 aliphatic carbocycles. The maximum absolute atomic E-state index is 12.4. The molecule has 0 bridgehead atoms. The molecule has 6 nitrogen and oxygen atoms in total. The smallest absolute Gasteiger partial charge is 0.289 e. The Bertz CT molecular complexity index is 781. The third-order valence-electron chi connectivity index (χ3n) is 5.05. The predicted molar refractivity (Wildman–Crippen MR) is 99.8 cm³/mol. The number of hydrogen-bond donors (Lipinski definition) is 1. The Kier molecular flexibility index (Phi) is 5.14. The second-order valence-corrected chi connectivity index (χ2v) is 7.32. The molecule has 27 heavy (non-hydrogen) atoms. The van der Waals surface area contributed by atoms with Gasteiger partial charge in [-0.1, -0.05) is 0 Å². The average molecular weight is 368 g/mol. The second kappa shape index (κ2) is 7.86. The second-order valence-electron chi connectivity index (χ2n) is 7.32. The molecule has 1 saturated carbocycles. The number of nitrogens with one attached hydrogen (secondary N) is 1. The minimum absolute atomic E-state index is 0.0246. The fraction of sp³-hybridized carbons (Fsp3) is 0.429. The number of amides is 2. The van der Waals surface area contributed by atoms with Crippen molar-refractivity contribution in [3.05, 3.63) is 54.0 Å². The van der Waals surface area contributed by atoms with Crippen LogP contribution in [0.4, 0.5) is 0 Å². The highest BCUT2D eigenvalue weighted by atomic mass is 16.5. The molecular formula is C21H24N2O4. The van der Waals surface area contributed by atoms with Crippen LogP contribution >= 0.6 is 0 Å². The first-order valence-electron chi connectivity index (χ1n) is 9.55. The Morgan fingerprint density at radius 2 is 1.96 bits per heavy atom. The number of piperidine rings is 1. The fourth-order valence-electron chi connectivity index (χ4n) is 3.35. The zero-order chi connectivity index (χ0) is 18.6. The lowest BCUT2D eigenvalue weighted by Gasteiger charge is -2.32. The van der Waals surface area contributed by atoms with Crippen LogP contribution in [-0.4, -0.2) is 42.5 Å². The SMILES string of the molecule is O=C(NC1CC1)c1ccc(OC[C@H]2CCCN(C(=O)c3ccco3)C2)cc1. The number of benzene rings is 1. The minimum atomic E-state index is -0.0595. The first-order chi connectivity index (χ1) is 13.2. The van der Waals surface area contributed by atoms with Gasteiger partial charge >= 0.3 is 0 Å². The number of nitrogens with zero attached hydrogens (tertiary/aromatic N) is 1. The van der Waals surface area contributed by atoms with Crippen LogP contribution in [0.3, 0.4) is 0 Å². The Balaban J connectivity index is 1.27. The summed E-state index contributed by atoms with van der Waals surface area (Å²) in [5.74, 6) is 1.33. The van der Waals surface area contributed by atoms with Crippen molar-refractivity contribution in [1.29, 1.82) is 0 Å². The molecule has 2 heterocycles. The van der Waals surface area contributed by atoms with Gasteiger partial charge < -0.3 is 19.4 Å². The van der Waals surface area contributed by atoms with Crippen molar-refractivity contribution in [2.75, 3.05) is 19.7 Å². The molecule has 1 atom stereocenters. The molecule has 1 aromatic heterocycles. The van der Waals surface area contributed by atoms with Crippen molar-refractivity contribution in [2.24, 2.45) is 5.92 Å². The molecule has 6 heteroatoms. The molecule has 1 aromatic carbocycles. The number of ether oxygens (including phenoxy) is 1. The quantitative estimate of drug-likeness (QED) is 0.850. The molecule has 2 fully saturated rings. The van der Waals surface area contributed by atoms with Gasteiger partial charge in [-0.3, -0.25) is 9.59 Å². The molecule has 2 aromatic rings. The zero-order valence-electron chi connectivity index (χ0n) is 15.2. The summed E-state index contributed by atoms with van der Waals surface area (Å²) in [4.78, 5) is 26.3. The Labute approximate surface area is 158 Å². The maximum Gasteiger partial charge on any atom is 0.289 e. The van der Waals surface area contributed by atoms with Crippen LogP contribution in [0.5, 0.6) is 5.75 Å². The molecular weight excluding hydrogens is 344 g/mol. The summed E-state index contributed by atoms with van der Waals surface area (Å²) in [6, 6.07) is 11.0. The minimum Gasteiger partial charge on any atom is -0.493 e. The van der Waals surface area contributed by atoms with E-state index in [1.807, 2.05) is 17.0 Å². The molecule has 0 radical (unpaired) electrons. The van der Waals surface area contributed by atoms with Crippen LogP contribution in [0.25, 0.3) is 0 Å². The highest BCUT2D eigenvalue weighted by Gasteiger charge is 2.26. The van der Waals surface area contributed by atoms with Crippen molar-refractivity contribution >= 4 is 11.8 Å². The van der Waals surface area contributed by atoms with Crippen molar-refractivity contribution in [3.8, 4) is 5.75 Å². The molecule has 0 unspecified atom stereocenters. The molecule has 2 aliphatic rings. The van der Waals surface area contributed by atoms with Gasteiger partial charge in [0.05, 0.1) is 12.9 Å². The molecule has 1 N–H and O–H groups in total. The summed E-state index contributed by atoms with van der Waals surface area (Å²) in [5.41, 5.74) is 0.655. The van der Waals surface area contributed by atoms with Crippen LogP contribution < -0.4 is 10.1 Å². The Hall–Kier alpha value is -2.76. The van der Waals surface area contributed by atoms with Crippen LogP contribution in [0.2, 0.25) is 0 Å². The highest BCUT2D eigenvalue weighted by Crippen LogP contribution is 2.22. The largest absolute Gasteiger partial charge is 0.493 e. The summed E-state index contributed by atoms with van der Waals surface area (Å²) >= 11 is 0. The van der Waals surface area contributed by atoms with E-state index in [9.17, 15) is 9.59 Å². The molecule has 1 saturated heterocycles. The van der Waals surface area contributed by atoms with E-state index in [0.717, 1.165) is 38.0 Å². The predicted octanol–water partition coefficient (Wildman–Crippen LogP) is 3.10. The van der Waals surface area contributed by atoms with Gasteiger partial charge in [0.25, 0.3) is 11.8 Å². The van der Waals surface area contributed by atoms with Gasteiger partial charge in [0.2, 0.25) is 0 Å². The zero-order valence-corrected chi connectivity index (χ0v) is 15.2. The number of likely N-dealkylation sites (tertiary alicyclic amines) is 1. The summed E-state index contributed by atoms with van der Waals surface area (Å²) in [5, 5.41) is 2.98. The van der Waals surface area contributed by atoms with Crippen molar-refractivity contribution in [2.45, 2.75) is 31.7 Å². The molecule has 4 rings (SSSR count). The van der Waals surface area contributed by atoms with Gasteiger partial charge in [-0.05, 0) is 62.1 Å². The van der Waals surface area contributed by atoms with Gasteiger partial charge in [-0.15, -0.1) is 0 Å². The third kappa shape index (κ3) is 4.51. The standard InChI is InChI=1S/C21H24N2O4/c24-20(22-17-7-8-17)16-5-9-18(10-6-16)27-14-15-3-1-11-23(13-15)21(25)19-4-2-12-26-19/h2,4-6,9-10,12,15,17H,1,3,7-8,11,13-14H2,(H,22,24)/t15-/m0/s1. The average Bonchev–Trinajstić information content (AvgIpc) is 3.35. The van der Waals surface area contributed by atoms with E-state index >= 15 is 0 Å². The molecule has 142 valence electrons. The monoisotopic (exact) mass is 368 g/mol. The number of rotatable bonds is 6. The maximum atomic E-state index is 12.4. The first-order valence-corrected chi connectivity index (χ1v) is 9.55.